The van der Waals surface area contributed by atoms with Crippen molar-refractivity contribution in [2.45, 2.75) is 20.8 Å². The maximum Gasteiger partial charge on any atom is 0.188 e. The SMILES string of the molecule is Cc1ccnc(Nc2nc(-c3ccc(C)cc3C)cs2)c1. The van der Waals surface area contributed by atoms with E-state index >= 15 is 0 Å². The molecule has 0 spiro atoms. The normalized spacial score (nSPS) is 10.6. The molecule has 3 aromatic rings. The van der Waals surface area contributed by atoms with E-state index in [1.54, 1.807) is 17.5 Å². The monoisotopic (exact) mass is 295 g/mol. The van der Waals surface area contributed by atoms with Crippen LogP contribution < -0.4 is 5.32 Å². The highest BCUT2D eigenvalue weighted by atomic mass is 32.1. The number of thiazole rings is 1. The first-order valence-corrected chi connectivity index (χ1v) is 7.72. The second kappa shape index (κ2) is 5.66. The van der Waals surface area contributed by atoms with Crippen LogP contribution in [-0.2, 0) is 0 Å². The van der Waals surface area contributed by atoms with Crippen LogP contribution in [0.5, 0.6) is 0 Å². The topological polar surface area (TPSA) is 37.8 Å². The Kier molecular flexibility index (Phi) is 3.71. The number of aryl methyl sites for hydroxylation is 3. The van der Waals surface area contributed by atoms with Crippen LogP contribution in [0.2, 0.25) is 0 Å². The van der Waals surface area contributed by atoms with Crippen LogP contribution in [0.1, 0.15) is 16.7 Å². The number of anilines is 2. The minimum absolute atomic E-state index is 0.830. The van der Waals surface area contributed by atoms with Crippen molar-refractivity contribution in [2.75, 3.05) is 5.32 Å². The van der Waals surface area contributed by atoms with Gasteiger partial charge in [0.2, 0.25) is 0 Å². The first-order valence-electron chi connectivity index (χ1n) is 6.84. The maximum absolute atomic E-state index is 4.66. The smallest absolute Gasteiger partial charge is 0.188 e. The van der Waals surface area contributed by atoms with Gasteiger partial charge in [-0.25, -0.2) is 9.97 Å². The molecule has 0 amide bonds. The largest absolute Gasteiger partial charge is 0.316 e. The predicted octanol–water partition coefficient (Wildman–Crippen LogP) is 4.87. The van der Waals surface area contributed by atoms with Gasteiger partial charge in [0.25, 0.3) is 0 Å². The number of nitrogens with zero attached hydrogens (tertiary/aromatic N) is 2. The summed E-state index contributed by atoms with van der Waals surface area (Å²) in [5.41, 5.74) is 5.89. The molecule has 0 unspecified atom stereocenters. The molecule has 0 bridgehead atoms. The molecule has 3 rings (SSSR count). The summed E-state index contributed by atoms with van der Waals surface area (Å²) in [6.45, 7) is 6.28. The summed E-state index contributed by atoms with van der Waals surface area (Å²) in [6.07, 6.45) is 1.80. The zero-order valence-electron chi connectivity index (χ0n) is 12.3. The molecule has 0 aliphatic heterocycles. The third-order valence-electron chi connectivity index (χ3n) is 3.31. The van der Waals surface area contributed by atoms with Crippen molar-refractivity contribution in [2.24, 2.45) is 0 Å². The average molecular weight is 295 g/mol. The molecule has 0 saturated heterocycles. The standard InChI is InChI=1S/C17H17N3S/c1-11-4-5-14(13(3)8-11)15-10-21-17(19-15)20-16-9-12(2)6-7-18-16/h4-10H,1-3H3,(H,18,19,20). The molecule has 2 aromatic heterocycles. The van der Waals surface area contributed by atoms with Crippen molar-refractivity contribution in [3.63, 3.8) is 0 Å². The zero-order chi connectivity index (χ0) is 14.8. The fourth-order valence-corrected chi connectivity index (χ4v) is 2.99. The van der Waals surface area contributed by atoms with Crippen molar-refractivity contribution in [3.05, 3.63) is 58.6 Å². The van der Waals surface area contributed by atoms with Gasteiger partial charge in [-0.1, -0.05) is 23.8 Å². The van der Waals surface area contributed by atoms with E-state index < -0.39 is 0 Å². The summed E-state index contributed by atoms with van der Waals surface area (Å²) >= 11 is 1.60. The van der Waals surface area contributed by atoms with Crippen molar-refractivity contribution >= 4 is 22.3 Å². The zero-order valence-corrected chi connectivity index (χ0v) is 13.2. The highest BCUT2D eigenvalue weighted by Gasteiger charge is 2.08. The van der Waals surface area contributed by atoms with Crippen molar-refractivity contribution < 1.29 is 0 Å². The molecule has 4 heteroatoms. The Labute approximate surface area is 128 Å². The summed E-state index contributed by atoms with van der Waals surface area (Å²) in [5, 5.41) is 6.21. The first-order chi connectivity index (χ1) is 10.1. The Hall–Kier alpha value is -2.20. The summed E-state index contributed by atoms with van der Waals surface area (Å²) in [6, 6.07) is 10.4. The van der Waals surface area contributed by atoms with E-state index in [2.05, 4.69) is 59.6 Å². The lowest BCUT2D eigenvalue weighted by atomic mass is 10.0. The molecular formula is C17H17N3S. The van der Waals surface area contributed by atoms with Crippen molar-refractivity contribution in [1.82, 2.24) is 9.97 Å². The van der Waals surface area contributed by atoms with Crippen LogP contribution in [0.15, 0.2) is 41.9 Å². The number of pyridine rings is 1. The van der Waals surface area contributed by atoms with E-state index in [1.165, 1.54) is 22.3 Å². The Bertz CT molecular complexity index is 777. The fourth-order valence-electron chi connectivity index (χ4n) is 2.27. The molecule has 0 atom stereocenters. The van der Waals surface area contributed by atoms with Gasteiger partial charge in [-0.3, -0.25) is 0 Å². The second-order valence-corrected chi connectivity index (χ2v) is 6.06. The molecule has 0 fully saturated rings. The molecule has 0 radical (unpaired) electrons. The second-order valence-electron chi connectivity index (χ2n) is 5.20. The van der Waals surface area contributed by atoms with Gasteiger partial charge >= 0.3 is 0 Å². The molecule has 0 aliphatic rings. The summed E-state index contributed by atoms with van der Waals surface area (Å²) in [4.78, 5) is 8.96. The third kappa shape index (κ3) is 3.11. The molecule has 21 heavy (non-hydrogen) atoms. The lowest BCUT2D eigenvalue weighted by Crippen LogP contribution is -1.93. The maximum atomic E-state index is 4.66. The van der Waals surface area contributed by atoms with Crippen molar-refractivity contribution in [3.8, 4) is 11.3 Å². The van der Waals surface area contributed by atoms with Gasteiger partial charge in [0.15, 0.2) is 5.13 Å². The van der Waals surface area contributed by atoms with Crippen LogP contribution >= 0.6 is 11.3 Å². The minimum Gasteiger partial charge on any atom is -0.316 e. The number of hydrogen-bond donors (Lipinski definition) is 1. The number of aromatic nitrogens is 2. The number of rotatable bonds is 3. The molecule has 1 aromatic carbocycles. The van der Waals surface area contributed by atoms with E-state index in [0.29, 0.717) is 0 Å². The Morgan fingerprint density at radius 2 is 1.81 bits per heavy atom. The lowest BCUT2D eigenvalue weighted by Gasteiger charge is -2.04. The molecule has 0 saturated carbocycles. The summed E-state index contributed by atoms with van der Waals surface area (Å²) < 4.78 is 0. The highest BCUT2D eigenvalue weighted by Crippen LogP contribution is 2.29. The van der Waals surface area contributed by atoms with Gasteiger partial charge in [-0.2, -0.15) is 0 Å². The van der Waals surface area contributed by atoms with Gasteiger partial charge in [0.1, 0.15) is 5.82 Å². The van der Waals surface area contributed by atoms with Gasteiger partial charge in [-0.05, 0) is 44.0 Å². The lowest BCUT2D eigenvalue weighted by molar-refractivity contribution is 1.26. The first kappa shape index (κ1) is 13.8. The van der Waals surface area contributed by atoms with Crippen LogP contribution in [0.25, 0.3) is 11.3 Å². The Morgan fingerprint density at radius 3 is 2.57 bits per heavy atom. The van der Waals surface area contributed by atoms with Gasteiger partial charge in [0.05, 0.1) is 5.69 Å². The molecule has 106 valence electrons. The predicted molar refractivity (Wildman–Crippen MR) is 89.3 cm³/mol. The number of hydrogen-bond acceptors (Lipinski definition) is 4. The van der Waals surface area contributed by atoms with Gasteiger partial charge in [0, 0.05) is 17.1 Å². The number of benzene rings is 1. The quantitative estimate of drug-likeness (QED) is 0.748. The van der Waals surface area contributed by atoms with E-state index in [9.17, 15) is 0 Å². The molecule has 3 nitrogen and oxygen atoms in total. The van der Waals surface area contributed by atoms with Crippen LogP contribution in [-0.4, -0.2) is 9.97 Å². The van der Waals surface area contributed by atoms with Gasteiger partial charge in [-0.15, -0.1) is 11.3 Å². The van der Waals surface area contributed by atoms with E-state index in [1.807, 2.05) is 12.1 Å². The van der Waals surface area contributed by atoms with Crippen LogP contribution in [0.4, 0.5) is 10.9 Å². The van der Waals surface area contributed by atoms with Crippen LogP contribution in [0, 0.1) is 20.8 Å². The van der Waals surface area contributed by atoms with Crippen LogP contribution in [0.3, 0.4) is 0 Å². The Balaban J connectivity index is 1.86. The van der Waals surface area contributed by atoms with Crippen molar-refractivity contribution in [1.29, 1.82) is 0 Å². The molecule has 0 aliphatic carbocycles. The van der Waals surface area contributed by atoms with Gasteiger partial charge < -0.3 is 5.32 Å². The third-order valence-corrected chi connectivity index (χ3v) is 4.07. The molecule has 1 N–H and O–H groups in total. The molecular weight excluding hydrogens is 278 g/mol. The summed E-state index contributed by atoms with van der Waals surface area (Å²) in [7, 11) is 0. The fraction of sp³-hybridized carbons (Fsp3) is 0.176. The highest BCUT2D eigenvalue weighted by molar-refractivity contribution is 7.14. The number of nitrogens with one attached hydrogen (secondary N) is 1. The van der Waals surface area contributed by atoms with E-state index in [0.717, 1.165) is 16.6 Å². The minimum atomic E-state index is 0.830. The van der Waals surface area contributed by atoms with E-state index in [4.69, 9.17) is 0 Å². The average Bonchev–Trinajstić information content (AvgIpc) is 2.87. The molecule has 2 heterocycles. The summed E-state index contributed by atoms with van der Waals surface area (Å²) in [5.74, 6) is 0.830. The Morgan fingerprint density at radius 1 is 1.00 bits per heavy atom. The van der Waals surface area contributed by atoms with E-state index in [-0.39, 0.29) is 0 Å².